The van der Waals surface area contributed by atoms with Crippen molar-refractivity contribution in [2.45, 2.75) is 136 Å². The van der Waals surface area contributed by atoms with Crippen LogP contribution >= 0.6 is 0 Å². The van der Waals surface area contributed by atoms with Gasteiger partial charge in [0, 0.05) is 17.6 Å². The molecule has 0 amide bonds. The molecular weight excluding hydrogens is 412 g/mol. The molecule has 1 fully saturated rings. The molecule has 0 unspecified atom stereocenters. The van der Waals surface area contributed by atoms with Gasteiger partial charge in [-0.15, -0.1) is 0 Å². The van der Waals surface area contributed by atoms with Crippen molar-refractivity contribution in [2.24, 2.45) is 10.8 Å². The summed E-state index contributed by atoms with van der Waals surface area (Å²) >= 11 is 0. The van der Waals surface area contributed by atoms with Gasteiger partial charge in [-0.05, 0) is 31.1 Å². The fourth-order valence-corrected chi connectivity index (χ4v) is 5.90. The Morgan fingerprint density at radius 3 is 1.52 bits per heavy atom. The third kappa shape index (κ3) is 10.9. The fourth-order valence-electron chi connectivity index (χ4n) is 5.90. The summed E-state index contributed by atoms with van der Waals surface area (Å²) in [6, 6.07) is 0. The van der Waals surface area contributed by atoms with Gasteiger partial charge < -0.3 is 10.2 Å². The maximum Gasteiger partial charge on any atom is 0.328 e. The molecule has 1 rings (SSSR count). The molecule has 190 valence electrons. The predicted molar refractivity (Wildman–Crippen MR) is 137 cm³/mol. The van der Waals surface area contributed by atoms with Crippen LogP contribution in [0.4, 0.5) is 0 Å². The maximum absolute atomic E-state index is 11.5. The molecule has 0 bridgehead atoms. The second-order valence-corrected chi connectivity index (χ2v) is 10.3. The number of carboxylic acid groups (broad SMARTS) is 2. The topological polar surface area (TPSA) is 74.6 Å². The van der Waals surface area contributed by atoms with E-state index in [0.29, 0.717) is 0 Å². The molecule has 0 spiro atoms. The number of hydrogen-bond acceptors (Lipinski definition) is 2. The van der Waals surface area contributed by atoms with Gasteiger partial charge in [-0.1, -0.05) is 122 Å². The summed E-state index contributed by atoms with van der Waals surface area (Å²) in [4.78, 5) is 23.0. The lowest BCUT2D eigenvalue weighted by atomic mass is 9.56. The Kier molecular flexibility index (Phi) is 15.1. The van der Waals surface area contributed by atoms with Gasteiger partial charge in [0.15, 0.2) is 0 Å². The van der Waals surface area contributed by atoms with Crippen molar-refractivity contribution in [1.82, 2.24) is 0 Å². The van der Waals surface area contributed by atoms with E-state index in [1.807, 2.05) is 12.2 Å². The average Bonchev–Trinajstić information content (AvgIpc) is 2.96. The Morgan fingerprint density at radius 1 is 0.636 bits per heavy atom. The second-order valence-electron chi connectivity index (χ2n) is 10.3. The third-order valence-electron chi connectivity index (χ3n) is 7.80. The van der Waals surface area contributed by atoms with Gasteiger partial charge in [-0.2, -0.15) is 0 Å². The maximum atomic E-state index is 11.5. The van der Waals surface area contributed by atoms with Gasteiger partial charge in [0.1, 0.15) is 0 Å². The largest absolute Gasteiger partial charge is 0.478 e. The monoisotopic (exact) mass is 462 g/mol. The van der Waals surface area contributed by atoms with Crippen LogP contribution in [-0.4, -0.2) is 22.2 Å². The summed E-state index contributed by atoms with van der Waals surface area (Å²) in [6.07, 6.45) is 28.4. The van der Waals surface area contributed by atoms with E-state index in [1.165, 1.54) is 76.4 Å². The summed E-state index contributed by atoms with van der Waals surface area (Å²) in [5.41, 5.74) is -0.552. The lowest BCUT2D eigenvalue weighted by Crippen LogP contribution is -2.39. The highest BCUT2D eigenvalue weighted by Gasteiger charge is 2.47. The van der Waals surface area contributed by atoms with Crippen molar-refractivity contribution in [1.29, 1.82) is 0 Å². The number of carboxylic acids is 2. The highest BCUT2D eigenvalue weighted by atomic mass is 16.4. The normalized spacial score (nSPS) is 20.9. The van der Waals surface area contributed by atoms with Crippen LogP contribution in [0.5, 0.6) is 0 Å². The molecule has 4 nitrogen and oxygen atoms in total. The van der Waals surface area contributed by atoms with Crippen LogP contribution < -0.4 is 0 Å². The van der Waals surface area contributed by atoms with Crippen LogP contribution in [0.25, 0.3) is 0 Å². The smallest absolute Gasteiger partial charge is 0.328 e. The van der Waals surface area contributed by atoms with Crippen molar-refractivity contribution in [2.75, 3.05) is 0 Å². The van der Waals surface area contributed by atoms with E-state index in [4.69, 9.17) is 0 Å². The molecule has 0 aromatic carbocycles. The van der Waals surface area contributed by atoms with Crippen molar-refractivity contribution < 1.29 is 19.8 Å². The zero-order chi connectivity index (χ0) is 24.4. The highest BCUT2D eigenvalue weighted by Crippen LogP contribution is 2.57. The van der Waals surface area contributed by atoms with E-state index in [-0.39, 0.29) is 5.41 Å². The molecule has 0 aromatic heterocycles. The highest BCUT2D eigenvalue weighted by molar-refractivity contribution is 5.81. The average molecular weight is 463 g/mol. The Hall–Kier alpha value is -1.58. The number of unbranched alkanes of at least 4 members (excludes halogenated alkanes) is 10. The number of hydrogen-bond donors (Lipinski definition) is 2. The van der Waals surface area contributed by atoms with Crippen LogP contribution in [-0.2, 0) is 9.59 Å². The summed E-state index contributed by atoms with van der Waals surface area (Å²) in [5, 5.41) is 18.9. The second kappa shape index (κ2) is 16.9. The first-order chi connectivity index (χ1) is 15.9. The minimum Gasteiger partial charge on any atom is -0.478 e. The zero-order valence-corrected chi connectivity index (χ0v) is 21.5. The first kappa shape index (κ1) is 29.5. The van der Waals surface area contributed by atoms with E-state index in [2.05, 4.69) is 13.8 Å². The molecule has 0 heterocycles. The SMILES string of the molecule is CCCCCCCCC1(CCCCCCCC)CCCCCC1(C=CC(=O)O)C=CC(=O)O. The standard InChI is InChI=1S/C29H50O4/c1-3-5-7-9-11-14-20-28(21-15-12-10-8-6-4-2)22-16-13-17-23-29(28,24-18-26(30)31)25-19-27(32)33/h18-19,24-25H,3-17,20-23H2,1-2H3,(H,30,31)(H,32,33). The number of carbonyl (C=O) groups is 2. The summed E-state index contributed by atoms with van der Waals surface area (Å²) < 4.78 is 0. The lowest BCUT2D eigenvalue weighted by molar-refractivity contribution is -0.132. The zero-order valence-electron chi connectivity index (χ0n) is 21.5. The molecule has 0 aromatic rings. The van der Waals surface area contributed by atoms with Crippen molar-refractivity contribution in [3.05, 3.63) is 24.3 Å². The summed E-state index contributed by atoms with van der Waals surface area (Å²) in [5.74, 6) is -1.90. The van der Waals surface area contributed by atoms with E-state index in [9.17, 15) is 19.8 Å². The number of allylic oxidation sites excluding steroid dienone is 2. The van der Waals surface area contributed by atoms with Crippen molar-refractivity contribution in [3.8, 4) is 0 Å². The van der Waals surface area contributed by atoms with Gasteiger partial charge in [-0.3, -0.25) is 0 Å². The van der Waals surface area contributed by atoms with Crippen LogP contribution in [0.3, 0.4) is 0 Å². The fraction of sp³-hybridized carbons (Fsp3) is 0.793. The lowest BCUT2D eigenvalue weighted by Gasteiger charge is -2.48. The molecule has 0 aliphatic heterocycles. The first-order valence-electron chi connectivity index (χ1n) is 13.8. The molecular formula is C29H50O4. The molecule has 0 radical (unpaired) electrons. The minimum atomic E-state index is -0.949. The van der Waals surface area contributed by atoms with Crippen LogP contribution in [0.2, 0.25) is 0 Å². The summed E-state index contributed by atoms with van der Waals surface area (Å²) in [7, 11) is 0. The first-order valence-corrected chi connectivity index (χ1v) is 13.8. The number of rotatable bonds is 18. The van der Waals surface area contributed by atoms with Gasteiger partial charge in [-0.25, -0.2) is 9.59 Å². The summed E-state index contributed by atoms with van der Waals surface area (Å²) in [6.45, 7) is 4.47. The molecule has 0 saturated heterocycles. The Bertz CT molecular complexity index is 565. The predicted octanol–water partition coefficient (Wildman–Crippen LogP) is 8.71. The Labute approximate surface area is 202 Å². The van der Waals surface area contributed by atoms with Crippen molar-refractivity contribution >= 4 is 11.9 Å². The van der Waals surface area contributed by atoms with Crippen LogP contribution in [0.1, 0.15) is 136 Å². The van der Waals surface area contributed by atoms with Gasteiger partial charge in [0.2, 0.25) is 0 Å². The Balaban J connectivity index is 3.18. The quantitative estimate of drug-likeness (QED) is 0.121. The van der Waals surface area contributed by atoms with Crippen LogP contribution in [0.15, 0.2) is 24.3 Å². The van der Waals surface area contributed by atoms with Gasteiger partial charge in [0.25, 0.3) is 0 Å². The number of aliphatic carboxylic acids is 2. The molecule has 0 atom stereocenters. The molecule has 4 heteroatoms. The van der Waals surface area contributed by atoms with E-state index in [0.717, 1.165) is 57.8 Å². The van der Waals surface area contributed by atoms with Crippen LogP contribution in [0, 0.1) is 10.8 Å². The van der Waals surface area contributed by atoms with E-state index in [1.54, 1.807) is 0 Å². The molecule has 33 heavy (non-hydrogen) atoms. The van der Waals surface area contributed by atoms with E-state index < -0.39 is 17.4 Å². The molecule has 1 saturated carbocycles. The van der Waals surface area contributed by atoms with Gasteiger partial charge >= 0.3 is 11.9 Å². The molecule has 2 N–H and O–H groups in total. The molecule has 1 aliphatic carbocycles. The third-order valence-corrected chi connectivity index (χ3v) is 7.80. The Morgan fingerprint density at radius 2 is 1.06 bits per heavy atom. The van der Waals surface area contributed by atoms with Gasteiger partial charge in [0.05, 0.1) is 0 Å². The molecule has 1 aliphatic rings. The minimum absolute atomic E-state index is 0.0586. The van der Waals surface area contributed by atoms with E-state index >= 15 is 0 Å². The van der Waals surface area contributed by atoms with Crippen molar-refractivity contribution in [3.63, 3.8) is 0 Å².